The summed E-state index contributed by atoms with van der Waals surface area (Å²) in [5.41, 5.74) is 1.79. The molecule has 1 fully saturated rings. The Labute approximate surface area is 152 Å². The van der Waals surface area contributed by atoms with Crippen molar-refractivity contribution in [2.24, 2.45) is 0 Å². The lowest BCUT2D eigenvalue weighted by atomic mass is 9.95. The molecule has 0 bridgehead atoms. The molecule has 7 heteroatoms. The van der Waals surface area contributed by atoms with Crippen LogP contribution in [0.1, 0.15) is 53.4 Å². The Morgan fingerprint density at radius 1 is 1.38 bits per heavy atom. The van der Waals surface area contributed by atoms with Crippen LogP contribution in [0, 0.1) is 0 Å². The summed E-state index contributed by atoms with van der Waals surface area (Å²) < 4.78 is 10.7. The number of ether oxygens (including phenoxy) is 2. The van der Waals surface area contributed by atoms with Gasteiger partial charge < -0.3 is 20.1 Å². The number of rotatable bonds is 4. The van der Waals surface area contributed by atoms with E-state index < -0.39 is 0 Å². The van der Waals surface area contributed by atoms with Crippen LogP contribution in [0.4, 0.5) is 5.00 Å². The highest BCUT2D eigenvalue weighted by Gasteiger charge is 2.27. The van der Waals surface area contributed by atoms with E-state index >= 15 is 0 Å². The van der Waals surface area contributed by atoms with Crippen molar-refractivity contribution in [3.05, 3.63) is 16.0 Å². The largest absolute Gasteiger partial charge is 0.465 e. The average Bonchev–Trinajstić information content (AvgIpc) is 3.21. The van der Waals surface area contributed by atoms with E-state index in [-0.39, 0.29) is 18.1 Å². The molecule has 5 nitrogen and oxygen atoms in total. The normalized spacial score (nSPS) is 21.0. The second-order valence-corrected chi connectivity index (χ2v) is 7.86. The first-order valence-electron chi connectivity index (χ1n) is 8.52. The zero-order chi connectivity index (χ0) is 17.1. The Morgan fingerprint density at radius 3 is 2.88 bits per heavy atom. The van der Waals surface area contributed by atoms with Crippen LogP contribution >= 0.6 is 23.6 Å². The number of fused-ring (bicyclic) bond motifs is 1. The zero-order valence-electron chi connectivity index (χ0n) is 14.1. The quantitative estimate of drug-likeness (QED) is 0.628. The van der Waals surface area contributed by atoms with Crippen LogP contribution in [0.3, 0.4) is 0 Å². The lowest BCUT2D eigenvalue weighted by molar-refractivity contribution is 0.0601. The third-order valence-electron chi connectivity index (χ3n) is 4.67. The van der Waals surface area contributed by atoms with Gasteiger partial charge in [-0.25, -0.2) is 4.79 Å². The summed E-state index contributed by atoms with van der Waals surface area (Å²) >= 11 is 7.07. The second-order valence-electron chi connectivity index (χ2n) is 6.35. The third-order valence-corrected chi connectivity index (χ3v) is 6.10. The molecule has 24 heavy (non-hydrogen) atoms. The molecule has 0 saturated carbocycles. The third kappa shape index (κ3) is 3.73. The highest BCUT2D eigenvalue weighted by molar-refractivity contribution is 7.80. The van der Waals surface area contributed by atoms with Crippen LogP contribution in [-0.4, -0.2) is 36.9 Å². The van der Waals surface area contributed by atoms with E-state index in [4.69, 9.17) is 21.7 Å². The van der Waals surface area contributed by atoms with E-state index in [1.807, 2.05) is 0 Å². The van der Waals surface area contributed by atoms with Crippen LogP contribution in [0.25, 0.3) is 0 Å². The van der Waals surface area contributed by atoms with Gasteiger partial charge >= 0.3 is 5.97 Å². The molecule has 0 spiro atoms. The van der Waals surface area contributed by atoms with E-state index in [2.05, 4.69) is 17.6 Å². The molecule has 1 saturated heterocycles. The number of thiocarbonyl (C=S) groups is 1. The fraction of sp³-hybridized carbons (Fsp3) is 0.647. The topological polar surface area (TPSA) is 59.6 Å². The lowest BCUT2D eigenvalue weighted by Gasteiger charge is -2.21. The molecular weight excluding hydrogens is 344 g/mol. The smallest absolute Gasteiger partial charge is 0.341 e. The number of carbonyl (C=O) groups excluding carboxylic acids is 1. The van der Waals surface area contributed by atoms with Crippen molar-refractivity contribution in [3.8, 4) is 0 Å². The van der Waals surface area contributed by atoms with Crippen molar-refractivity contribution >= 4 is 39.6 Å². The number of hydrogen-bond acceptors (Lipinski definition) is 5. The number of hydrogen-bond donors (Lipinski definition) is 2. The molecule has 2 atom stereocenters. The number of anilines is 1. The van der Waals surface area contributed by atoms with Crippen molar-refractivity contribution in [2.45, 2.75) is 57.6 Å². The van der Waals surface area contributed by atoms with E-state index in [1.165, 1.54) is 18.4 Å². The monoisotopic (exact) mass is 368 g/mol. The number of esters is 1. The van der Waals surface area contributed by atoms with Crippen LogP contribution in [0.5, 0.6) is 0 Å². The highest BCUT2D eigenvalue weighted by Crippen LogP contribution is 2.38. The first kappa shape index (κ1) is 17.6. The highest BCUT2D eigenvalue weighted by atomic mass is 32.1. The number of carbonyl (C=O) groups is 1. The molecule has 0 unspecified atom stereocenters. The van der Waals surface area contributed by atoms with Gasteiger partial charge in [-0.2, -0.15) is 0 Å². The molecule has 1 aliphatic carbocycles. The van der Waals surface area contributed by atoms with E-state index in [0.717, 1.165) is 49.3 Å². The number of aryl methyl sites for hydroxylation is 1. The van der Waals surface area contributed by atoms with Crippen molar-refractivity contribution in [2.75, 3.05) is 19.0 Å². The SMILES string of the molecule is COC(=O)c1c(NC(=S)N[C@H](C)[C@H]2CCCO2)sc2c1CCCC2. The van der Waals surface area contributed by atoms with E-state index in [1.54, 1.807) is 11.3 Å². The second kappa shape index (κ2) is 7.80. The summed E-state index contributed by atoms with van der Waals surface area (Å²) in [6, 6.07) is 0.142. The van der Waals surface area contributed by atoms with Crippen molar-refractivity contribution in [1.82, 2.24) is 5.32 Å². The molecular formula is C17H24N2O3S2. The van der Waals surface area contributed by atoms with Gasteiger partial charge in [0.15, 0.2) is 5.11 Å². The predicted molar refractivity (Wildman–Crippen MR) is 100 cm³/mol. The van der Waals surface area contributed by atoms with Gasteiger partial charge in [-0.1, -0.05) is 0 Å². The van der Waals surface area contributed by atoms with Crippen molar-refractivity contribution in [1.29, 1.82) is 0 Å². The van der Waals surface area contributed by atoms with Gasteiger partial charge in [-0.05, 0) is 63.2 Å². The number of methoxy groups -OCH3 is 1. The maximum atomic E-state index is 12.2. The van der Waals surface area contributed by atoms with Crippen LogP contribution < -0.4 is 10.6 Å². The van der Waals surface area contributed by atoms with Gasteiger partial charge in [0.05, 0.1) is 24.8 Å². The standard InChI is InChI=1S/C17H24N2O3S2/c1-10(12-7-5-9-22-12)18-17(23)19-15-14(16(20)21-2)11-6-3-4-8-13(11)24-15/h10,12H,3-9H2,1-2H3,(H2,18,19,23)/t10-,12-/m1/s1. The molecule has 1 aromatic heterocycles. The van der Waals surface area contributed by atoms with Gasteiger partial charge in [0, 0.05) is 11.5 Å². The minimum absolute atomic E-state index is 0.142. The Balaban J connectivity index is 1.72. The van der Waals surface area contributed by atoms with Crippen LogP contribution in [-0.2, 0) is 22.3 Å². The van der Waals surface area contributed by atoms with Crippen molar-refractivity contribution < 1.29 is 14.3 Å². The fourth-order valence-electron chi connectivity index (χ4n) is 3.41. The van der Waals surface area contributed by atoms with Gasteiger partial charge in [-0.15, -0.1) is 11.3 Å². The summed E-state index contributed by atoms with van der Waals surface area (Å²) in [6.45, 7) is 2.89. The maximum absolute atomic E-state index is 12.2. The zero-order valence-corrected chi connectivity index (χ0v) is 15.8. The van der Waals surface area contributed by atoms with Crippen molar-refractivity contribution in [3.63, 3.8) is 0 Å². The van der Waals surface area contributed by atoms with Gasteiger partial charge in [0.1, 0.15) is 5.00 Å². The predicted octanol–water partition coefficient (Wildman–Crippen LogP) is 3.27. The Morgan fingerprint density at radius 2 is 2.17 bits per heavy atom. The summed E-state index contributed by atoms with van der Waals surface area (Å²) in [5, 5.41) is 7.83. The summed E-state index contributed by atoms with van der Waals surface area (Å²) in [6.07, 6.45) is 6.60. The fourth-order valence-corrected chi connectivity index (χ4v) is 5.04. The summed E-state index contributed by atoms with van der Waals surface area (Å²) in [7, 11) is 1.43. The van der Waals surface area contributed by atoms with Crippen LogP contribution in [0.15, 0.2) is 0 Å². The molecule has 0 aromatic carbocycles. The van der Waals surface area contributed by atoms with E-state index in [0.29, 0.717) is 10.7 Å². The van der Waals surface area contributed by atoms with Gasteiger partial charge in [0.25, 0.3) is 0 Å². The average molecular weight is 369 g/mol. The first-order valence-corrected chi connectivity index (χ1v) is 9.74. The van der Waals surface area contributed by atoms with Gasteiger partial charge in [-0.3, -0.25) is 0 Å². The van der Waals surface area contributed by atoms with Gasteiger partial charge in [0.2, 0.25) is 0 Å². The molecule has 1 aliphatic heterocycles. The number of nitrogens with one attached hydrogen (secondary N) is 2. The maximum Gasteiger partial charge on any atom is 0.341 e. The minimum atomic E-state index is -0.285. The summed E-state index contributed by atoms with van der Waals surface area (Å²) in [4.78, 5) is 13.5. The molecule has 0 amide bonds. The van der Waals surface area contributed by atoms with E-state index in [9.17, 15) is 4.79 Å². The Hall–Kier alpha value is -1.18. The Kier molecular flexibility index (Phi) is 5.73. The minimum Gasteiger partial charge on any atom is -0.465 e. The molecule has 132 valence electrons. The lowest BCUT2D eigenvalue weighted by Crippen LogP contribution is -2.42. The Bertz CT molecular complexity index is 624. The molecule has 1 aromatic rings. The molecule has 2 N–H and O–H groups in total. The molecule has 2 aliphatic rings. The molecule has 3 rings (SSSR count). The first-order chi connectivity index (χ1) is 11.6. The molecule has 0 radical (unpaired) electrons. The van der Waals surface area contributed by atoms with Crippen LogP contribution in [0.2, 0.25) is 0 Å². The molecule has 2 heterocycles. The summed E-state index contributed by atoms with van der Waals surface area (Å²) in [5.74, 6) is -0.285. The number of thiophene rings is 1.